The molecule has 0 saturated carbocycles. The molecule has 0 spiro atoms. The average Bonchev–Trinajstić information content (AvgIpc) is 3.11. The van der Waals surface area contributed by atoms with Gasteiger partial charge in [0.15, 0.2) is 5.96 Å². The number of nitrogens with zero attached hydrogens (tertiary/aromatic N) is 2. The largest absolute Gasteiger partial charge is 0.496 e. The summed E-state index contributed by atoms with van der Waals surface area (Å²) < 4.78 is 9.97. The van der Waals surface area contributed by atoms with Crippen molar-refractivity contribution in [3.8, 4) is 5.75 Å². The highest BCUT2D eigenvalue weighted by Gasteiger charge is 2.22. The monoisotopic (exact) mass is 348 g/mol. The van der Waals surface area contributed by atoms with Gasteiger partial charge in [-0.05, 0) is 43.6 Å². The van der Waals surface area contributed by atoms with Gasteiger partial charge >= 0.3 is 5.97 Å². The van der Waals surface area contributed by atoms with Crippen molar-refractivity contribution in [3.63, 3.8) is 0 Å². The quantitative estimate of drug-likeness (QED) is 0.439. The van der Waals surface area contributed by atoms with Crippen molar-refractivity contribution < 1.29 is 14.3 Å². The highest BCUT2D eigenvalue weighted by atomic mass is 16.5. The predicted molar refractivity (Wildman–Crippen MR) is 97.9 cm³/mol. The SMILES string of the molecule is CCN1CCCC1CNC(N)=NCc1ccc(OC)c(C(=O)OC)c1. The van der Waals surface area contributed by atoms with Crippen molar-refractivity contribution >= 4 is 11.9 Å². The molecule has 1 aromatic rings. The number of hydrogen-bond acceptors (Lipinski definition) is 5. The normalized spacial score (nSPS) is 18.2. The molecule has 1 aromatic carbocycles. The lowest BCUT2D eigenvalue weighted by molar-refractivity contribution is 0.0597. The van der Waals surface area contributed by atoms with Gasteiger partial charge in [-0.2, -0.15) is 0 Å². The van der Waals surface area contributed by atoms with E-state index in [0.717, 1.165) is 25.2 Å². The fraction of sp³-hybridized carbons (Fsp3) is 0.556. The number of guanidine groups is 1. The van der Waals surface area contributed by atoms with Crippen molar-refractivity contribution in [2.75, 3.05) is 33.9 Å². The van der Waals surface area contributed by atoms with E-state index in [-0.39, 0.29) is 0 Å². The van der Waals surface area contributed by atoms with Crippen LogP contribution in [0.4, 0.5) is 0 Å². The number of esters is 1. The number of likely N-dealkylation sites (N-methyl/N-ethyl adjacent to an activating group) is 1. The maximum absolute atomic E-state index is 11.8. The molecule has 1 saturated heterocycles. The zero-order valence-corrected chi connectivity index (χ0v) is 15.2. The molecule has 1 heterocycles. The van der Waals surface area contributed by atoms with Crippen molar-refractivity contribution in [2.45, 2.75) is 32.4 Å². The summed E-state index contributed by atoms with van der Waals surface area (Å²) in [5, 5.41) is 3.20. The van der Waals surface area contributed by atoms with Crippen LogP contribution in [0.25, 0.3) is 0 Å². The number of benzene rings is 1. The van der Waals surface area contributed by atoms with E-state index in [4.69, 9.17) is 15.2 Å². The molecular weight excluding hydrogens is 320 g/mol. The van der Waals surface area contributed by atoms with Gasteiger partial charge in [0.2, 0.25) is 0 Å². The molecule has 3 N–H and O–H groups in total. The number of aliphatic imine (C=N–C) groups is 1. The van der Waals surface area contributed by atoms with E-state index < -0.39 is 5.97 Å². The van der Waals surface area contributed by atoms with Crippen LogP contribution >= 0.6 is 0 Å². The van der Waals surface area contributed by atoms with Crippen molar-refractivity contribution in [1.82, 2.24) is 10.2 Å². The fourth-order valence-electron chi connectivity index (χ4n) is 3.12. The molecule has 1 aliphatic rings. The second-order valence-corrected chi connectivity index (χ2v) is 6.03. The van der Waals surface area contributed by atoms with E-state index in [0.29, 0.717) is 29.9 Å². The van der Waals surface area contributed by atoms with E-state index in [2.05, 4.69) is 22.1 Å². The molecule has 0 radical (unpaired) electrons. The number of rotatable bonds is 7. The number of likely N-dealkylation sites (tertiary alicyclic amines) is 1. The third-order valence-corrected chi connectivity index (χ3v) is 4.53. The Kier molecular flexibility index (Phi) is 7.06. The van der Waals surface area contributed by atoms with Crippen molar-refractivity contribution in [3.05, 3.63) is 29.3 Å². The van der Waals surface area contributed by atoms with Crippen molar-refractivity contribution in [2.24, 2.45) is 10.7 Å². The summed E-state index contributed by atoms with van der Waals surface area (Å²) in [4.78, 5) is 18.6. The van der Waals surface area contributed by atoms with Gasteiger partial charge in [0, 0.05) is 12.6 Å². The minimum atomic E-state index is -0.435. The average molecular weight is 348 g/mol. The second-order valence-electron chi connectivity index (χ2n) is 6.03. The standard InChI is InChI=1S/C18H28N4O3/c1-4-22-9-5-6-14(22)12-21-18(19)20-11-13-7-8-16(24-2)15(10-13)17(23)25-3/h7-8,10,14H,4-6,9,11-12H2,1-3H3,(H3,19,20,21). The summed E-state index contributed by atoms with van der Waals surface area (Å²) in [7, 11) is 2.86. The zero-order valence-electron chi connectivity index (χ0n) is 15.2. The van der Waals surface area contributed by atoms with Gasteiger partial charge in [-0.15, -0.1) is 0 Å². The summed E-state index contributed by atoms with van der Waals surface area (Å²) in [5.74, 6) is 0.458. The lowest BCUT2D eigenvalue weighted by Gasteiger charge is -2.23. The van der Waals surface area contributed by atoms with Crippen molar-refractivity contribution in [1.29, 1.82) is 0 Å². The first-order valence-corrected chi connectivity index (χ1v) is 8.62. The van der Waals surface area contributed by atoms with Crippen LogP contribution in [0.1, 0.15) is 35.7 Å². The number of nitrogens with one attached hydrogen (secondary N) is 1. The Morgan fingerprint density at radius 1 is 1.44 bits per heavy atom. The molecule has 7 nitrogen and oxygen atoms in total. The van der Waals surface area contributed by atoms with E-state index >= 15 is 0 Å². The molecule has 0 bridgehead atoms. The number of ether oxygens (including phenoxy) is 2. The molecule has 25 heavy (non-hydrogen) atoms. The van der Waals surface area contributed by atoms with Crippen LogP contribution in [-0.2, 0) is 11.3 Å². The van der Waals surface area contributed by atoms with E-state index in [1.807, 2.05) is 6.07 Å². The van der Waals surface area contributed by atoms with Crippen LogP contribution in [0.3, 0.4) is 0 Å². The molecule has 1 fully saturated rings. The Morgan fingerprint density at radius 3 is 2.92 bits per heavy atom. The highest BCUT2D eigenvalue weighted by molar-refractivity contribution is 5.92. The third-order valence-electron chi connectivity index (χ3n) is 4.53. The molecular formula is C18H28N4O3. The predicted octanol–water partition coefficient (Wildman–Crippen LogP) is 1.37. The smallest absolute Gasteiger partial charge is 0.341 e. The number of carbonyl (C=O) groups excluding carboxylic acids is 1. The zero-order chi connectivity index (χ0) is 18.2. The first kappa shape index (κ1) is 19.1. The summed E-state index contributed by atoms with van der Waals surface area (Å²) >= 11 is 0. The molecule has 0 aromatic heterocycles. The Labute approximate surface area is 149 Å². The van der Waals surface area contributed by atoms with E-state index in [1.165, 1.54) is 27.1 Å². The minimum absolute atomic E-state index is 0.383. The number of nitrogens with two attached hydrogens (primary N) is 1. The molecule has 1 aliphatic heterocycles. The molecule has 1 atom stereocenters. The molecule has 138 valence electrons. The Bertz CT molecular complexity index is 618. The van der Waals surface area contributed by atoms with Crippen LogP contribution in [0, 0.1) is 0 Å². The van der Waals surface area contributed by atoms with Gasteiger partial charge < -0.3 is 20.5 Å². The second kappa shape index (κ2) is 9.27. The Balaban J connectivity index is 1.94. The van der Waals surface area contributed by atoms with Crippen LogP contribution in [0.5, 0.6) is 5.75 Å². The molecule has 2 rings (SSSR count). The third kappa shape index (κ3) is 5.09. The molecule has 0 amide bonds. The topological polar surface area (TPSA) is 89.2 Å². The minimum Gasteiger partial charge on any atom is -0.496 e. The maximum atomic E-state index is 11.8. The van der Waals surface area contributed by atoms with E-state index in [1.54, 1.807) is 12.1 Å². The molecule has 0 aliphatic carbocycles. The molecule has 7 heteroatoms. The number of methoxy groups -OCH3 is 2. The van der Waals surface area contributed by atoms with Crippen LogP contribution < -0.4 is 15.8 Å². The van der Waals surface area contributed by atoms with E-state index in [9.17, 15) is 4.79 Å². The van der Waals surface area contributed by atoms with Gasteiger partial charge in [0.05, 0.1) is 20.8 Å². The first-order valence-electron chi connectivity index (χ1n) is 8.62. The van der Waals surface area contributed by atoms with Gasteiger partial charge in [0.25, 0.3) is 0 Å². The number of hydrogen-bond donors (Lipinski definition) is 2. The lowest BCUT2D eigenvalue weighted by Crippen LogP contribution is -2.42. The summed E-state index contributed by atoms with van der Waals surface area (Å²) in [6, 6.07) is 5.83. The Hall–Kier alpha value is -2.28. The summed E-state index contributed by atoms with van der Waals surface area (Å²) in [6.07, 6.45) is 2.43. The van der Waals surface area contributed by atoms with Crippen LogP contribution in [0.2, 0.25) is 0 Å². The fourth-order valence-corrected chi connectivity index (χ4v) is 3.12. The summed E-state index contributed by atoms with van der Waals surface area (Å²) in [6.45, 7) is 5.58. The summed E-state index contributed by atoms with van der Waals surface area (Å²) in [5.41, 5.74) is 7.22. The molecule has 1 unspecified atom stereocenters. The van der Waals surface area contributed by atoms with Crippen LogP contribution in [0.15, 0.2) is 23.2 Å². The van der Waals surface area contributed by atoms with Crippen LogP contribution in [-0.4, -0.2) is 56.7 Å². The van der Waals surface area contributed by atoms with Gasteiger partial charge in [-0.3, -0.25) is 4.90 Å². The van der Waals surface area contributed by atoms with Gasteiger partial charge in [0.1, 0.15) is 11.3 Å². The number of carbonyl (C=O) groups is 1. The Morgan fingerprint density at radius 2 is 2.24 bits per heavy atom. The first-order chi connectivity index (χ1) is 12.1. The highest BCUT2D eigenvalue weighted by Crippen LogP contribution is 2.21. The lowest BCUT2D eigenvalue weighted by atomic mass is 10.1. The van der Waals surface area contributed by atoms with Gasteiger partial charge in [-0.1, -0.05) is 13.0 Å². The van der Waals surface area contributed by atoms with Gasteiger partial charge in [-0.25, -0.2) is 9.79 Å². The maximum Gasteiger partial charge on any atom is 0.341 e.